The van der Waals surface area contributed by atoms with Crippen LogP contribution in [0.5, 0.6) is 5.88 Å². The summed E-state index contributed by atoms with van der Waals surface area (Å²) in [5.74, 6) is -0.944. The molecule has 0 spiro atoms. The van der Waals surface area contributed by atoms with Gasteiger partial charge >= 0.3 is 11.7 Å². The van der Waals surface area contributed by atoms with E-state index >= 15 is 0 Å². The standard InChI is InChI=1S/C28H42N6O7S/c1-28(25(37)31(2)26(38)33(28)16-19-10-12-42(40,41)13-11-19)14-17-6-8-20(9-7-17)34-24(36)21(22(29)30)23(35)32(27(34)39)15-18-4-3-5-18/h17-20,35H,3-16H2,1-2H3,(H3,29,30)/t17?,20?,28-/m0/s1. The number of likely N-dealkylation sites (N-methyl/N-ethyl adjacent to an activating group) is 1. The summed E-state index contributed by atoms with van der Waals surface area (Å²) in [7, 11) is -1.57. The third-order valence-electron chi connectivity index (χ3n) is 10.1. The number of amides is 3. The van der Waals surface area contributed by atoms with E-state index in [1.54, 1.807) is 11.8 Å². The van der Waals surface area contributed by atoms with Gasteiger partial charge in [0.2, 0.25) is 5.88 Å². The van der Waals surface area contributed by atoms with Crippen LogP contribution in [-0.4, -0.2) is 80.9 Å². The largest absolute Gasteiger partial charge is 0.494 e. The van der Waals surface area contributed by atoms with Crippen molar-refractivity contribution in [1.82, 2.24) is 18.9 Å². The molecule has 5 rings (SSSR count). The molecule has 0 bridgehead atoms. The highest BCUT2D eigenvalue weighted by Gasteiger charge is 2.54. The van der Waals surface area contributed by atoms with Crippen LogP contribution < -0.4 is 17.0 Å². The minimum Gasteiger partial charge on any atom is -0.494 e. The molecule has 3 amide bonds. The van der Waals surface area contributed by atoms with E-state index in [0.29, 0.717) is 51.5 Å². The lowest BCUT2D eigenvalue weighted by atomic mass is 9.77. The number of nitrogens with one attached hydrogen (secondary N) is 1. The predicted molar refractivity (Wildman–Crippen MR) is 155 cm³/mol. The molecule has 1 atom stereocenters. The third-order valence-corrected chi connectivity index (χ3v) is 11.9. The van der Waals surface area contributed by atoms with Crippen molar-refractivity contribution in [2.75, 3.05) is 25.1 Å². The number of aromatic nitrogens is 2. The van der Waals surface area contributed by atoms with E-state index in [2.05, 4.69) is 0 Å². The Bertz CT molecular complexity index is 1490. The molecule has 42 heavy (non-hydrogen) atoms. The fourth-order valence-electron chi connectivity index (χ4n) is 7.30. The van der Waals surface area contributed by atoms with Gasteiger partial charge in [-0.3, -0.25) is 29.0 Å². The quantitative estimate of drug-likeness (QED) is 0.225. The maximum atomic E-state index is 13.5. The van der Waals surface area contributed by atoms with Gasteiger partial charge in [0.1, 0.15) is 26.8 Å². The van der Waals surface area contributed by atoms with Gasteiger partial charge in [0.05, 0.1) is 11.5 Å². The van der Waals surface area contributed by atoms with Gasteiger partial charge in [-0.25, -0.2) is 18.0 Å². The van der Waals surface area contributed by atoms with Gasteiger partial charge in [-0.1, -0.05) is 6.42 Å². The molecule has 14 heteroatoms. The fourth-order valence-corrected chi connectivity index (χ4v) is 8.89. The molecule has 3 heterocycles. The van der Waals surface area contributed by atoms with E-state index < -0.39 is 44.4 Å². The average Bonchev–Trinajstić information content (AvgIpc) is 3.05. The molecule has 4 fully saturated rings. The minimum absolute atomic E-state index is 0.00536. The van der Waals surface area contributed by atoms with Gasteiger partial charge in [-0.2, -0.15) is 0 Å². The molecule has 2 saturated heterocycles. The third kappa shape index (κ3) is 5.37. The molecule has 13 nitrogen and oxygen atoms in total. The zero-order valence-electron chi connectivity index (χ0n) is 24.4. The first-order chi connectivity index (χ1) is 19.7. The topological polar surface area (TPSA) is 189 Å². The minimum atomic E-state index is -3.05. The normalized spacial score (nSPS) is 28.7. The predicted octanol–water partition coefficient (Wildman–Crippen LogP) is 1.40. The van der Waals surface area contributed by atoms with E-state index in [9.17, 15) is 32.7 Å². The Balaban J connectivity index is 1.33. The summed E-state index contributed by atoms with van der Waals surface area (Å²) in [5, 5.41) is 18.6. The fraction of sp³-hybridized carbons (Fsp3) is 0.750. The number of aromatic hydroxyl groups is 1. The molecular formula is C28H42N6O7S. The molecule has 1 aromatic rings. The average molecular weight is 607 g/mol. The monoisotopic (exact) mass is 606 g/mol. The van der Waals surface area contributed by atoms with Crippen LogP contribution >= 0.6 is 0 Å². The zero-order valence-corrected chi connectivity index (χ0v) is 25.2. The molecule has 1 aromatic heterocycles. The van der Waals surface area contributed by atoms with Crippen molar-refractivity contribution in [1.29, 1.82) is 5.41 Å². The first kappa shape index (κ1) is 30.3. The number of urea groups is 1. The van der Waals surface area contributed by atoms with Gasteiger partial charge in [-0.15, -0.1) is 0 Å². The first-order valence-corrected chi connectivity index (χ1v) is 16.8. The van der Waals surface area contributed by atoms with Crippen molar-refractivity contribution in [3.05, 3.63) is 26.4 Å². The Hall–Kier alpha value is -3.16. The highest BCUT2D eigenvalue weighted by atomic mass is 32.2. The number of carbonyl (C=O) groups excluding carboxylic acids is 2. The summed E-state index contributed by atoms with van der Waals surface area (Å²) >= 11 is 0. The number of rotatable bonds is 8. The van der Waals surface area contributed by atoms with Crippen molar-refractivity contribution in [3.63, 3.8) is 0 Å². The summed E-state index contributed by atoms with van der Waals surface area (Å²) < 4.78 is 26.1. The number of hydrogen-bond acceptors (Lipinski definition) is 8. The van der Waals surface area contributed by atoms with Crippen LogP contribution in [0.3, 0.4) is 0 Å². The molecule has 2 saturated carbocycles. The Morgan fingerprint density at radius 1 is 0.952 bits per heavy atom. The molecule has 0 aromatic carbocycles. The lowest BCUT2D eigenvalue weighted by molar-refractivity contribution is -0.132. The Kier molecular flexibility index (Phi) is 8.05. The van der Waals surface area contributed by atoms with Gasteiger partial charge < -0.3 is 15.7 Å². The van der Waals surface area contributed by atoms with E-state index in [0.717, 1.165) is 28.7 Å². The highest BCUT2D eigenvalue weighted by Crippen LogP contribution is 2.41. The Morgan fingerprint density at radius 3 is 2.10 bits per heavy atom. The van der Waals surface area contributed by atoms with Crippen molar-refractivity contribution in [2.45, 2.75) is 89.3 Å². The van der Waals surface area contributed by atoms with Gasteiger partial charge in [-0.05, 0) is 82.5 Å². The van der Waals surface area contributed by atoms with Gasteiger partial charge in [0.25, 0.3) is 11.5 Å². The molecule has 0 radical (unpaired) electrons. The summed E-state index contributed by atoms with van der Waals surface area (Å²) in [6.45, 7) is 2.38. The first-order valence-electron chi connectivity index (χ1n) is 15.0. The maximum absolute atomic E-state index is 13.5. The van der Waals surface area contributed by atoms with Crippen LogP contribution in [0.2, 0.25) is 0 Å². The smallest absolute Gasteiger partial charge is 0.334 e. The number of hydrogen-bond donors (Lipinski definition) is 3. The van der Waals surface area contributed by atoms with Gasteiger partial charge in [0, 0.05) is 26.2 Å². The Morgan fingerprint density at radius 2 is 1.55 bits per heavy atom. The van der Waals surface area contributed by atoms with E-state index in [1.165, 1.54) is 11.6 Å². The highest BCUT2D eigenvalue weighted by molar-refractivity contribution is 7.91. The molecule has 0 unspecified atom stereocenters. The van der Waals surface area contributed by atoms with E-state index in [4.69, 9.17) is 11.1 Å². The van der Waals surface area contributed by atoms with Crippen molar-refractivity contribution in [3.8, 4) is 5.88 Å². The van der Waals surface area contributed by atoms with Crippen LogP contribution in [-0.2, 0) is 21.2 Å². The summed E-state index contributed by atoms with van der Waals surface area (Å²) in [5.41, 5.74) is 2.89. The number of nitrogen functional groups attached to an aromatic ring is 1. The van der Waals surface area contributed by atoms with Crippen LogP contribution in [0.25, 0.3) is 0 Å². The maximum Gasteiger partial charge on any atom is 0.334 e. The number of carbonyl (C=O) groups is 2. The summed E-state index contributed by atoms with van der Waals surface area (Å²) in [4.78, 5) is 56.0. The lowest BCUT2D eigenvalue weighted by Gasteiger charge is -2.39. The van der Waals surface area contributed by atoms with Crippen molar-refractivity contribution in [2.24, 2.45) is 23.5 Å². The lowest BCUT2D eigenvalue weighted by Crippen LogP contribution is -2.51. The molecular weight excluding hydrogens is 564 g/mol. The SMILES string of the molecule is CN1C(=O)N(CC2CCS(=O)(=O)CC2)[C@@](C)(CC2CCC(n3c(=O)c(C(=N)N)c(O)n(CC4CCC4)c3=O)CC2)C1=O. The summed E-state index contributed by atoms with van der Waals surface area (Å²) in [6, 6.07) is -0.812. The molecule has 4 aliphatic rings. The molecule has 232 valence electrons. The number of nitrogens with two attached hydrogens (primary N) is 1. The number of sulfone groups is 1. The number of imide groups is 1. The Labute approximate surface area is 245 Å². The second-order valence-electron chi connectivity index (χ2n) is 13.0. The second-order valence-corrected chi connectivity index (χ2v) is 15.3. The molecule has 4 N–H and O–H groups in total. The van der Waals surface area contributed by atoms with Crippen molar-refractivity contribution >= 4 is 27.6 Å². The van der Waals surface area contributed by atoms with Crippen molar-refractivity contribution < 1.29 is 23.1 Å². The van der Waals surface area contributed by atoms with E-state index in [1.807, 2.05) is 0 Å². The van der Waals surface area contributed by atoms with Crippen LogP contribution in [0.4, 0.5) is 4.79 Å². The number of amidine groups is 1. The van der Waals surface area contributed by atoms with Crippen LogP contribution in [0.15, 0.2) is 9.59 Å². The van der Waals surface area contributed by atoms with Crippen LogP contribution in [0, 0.1) is 23.2 Å². The van der Waals surface area contributed by atoms with E-state index in [-0.39, 0.29) is 53.3 Å². The summed E-state index contributed by atoms with van der Waals surface area (Å²) in [6.07, 6.45) is 6.47. The number of nitrogens with zero attached hydrogens (tertiary/aromatic N) is 4. The van der Waals surface area contributed by atoms with Crippen LogP contribution in [0.1, 0.15) is 82.7 Å². The molecule has 2 aliphatic heterocycles. The zero-order chi connectivity index (χ0) is 30.6. The van der Waals surface area contributed by atoms with Gasteiger partial charge in [0.15, 0.2) is 0 Å². The molecule has 2 aliphatic carbocycles. The second kappa shape index (κ2) is 11.2.